The van der Waals surface area contributed by atoms with Crippen LogP contribution in [-0.2, 0) is 9.68 Å². The van der Waals surface area contributed by atoms with Crippen LogP contribution in [0.15, 0.2) is 129 Å². The lowest BCUT2D eigenvalue weighted by Gasteiger charge is -2.09. The van der Waals surface area contributed by atoms with E-state index >= 15 is 0 Å². The highest BCUT2D eigenvalue weighted by Gasteiger charge is 2.20. The first-order valence-electron chi connectivity index (χ1n) is 15.2. The highest BCUT2D eigenvalue weighted by molar-refractivity contribution is 7.99. The van der Waals surface area contributed by atoms with E-state index in [1.165, 1.54) is 11.8 Å². The molecule has 2 amide bonds. The fourth-order valence-corrected chi connectivity index (χ4v) is 5.00. The highest BCUT2D eigenvalue weighted by Crippen LogP contribution is 2.28. The van der Waals surface area contributed by atoms with Crippen molar-refractivity contribution in [3.8, 4) is 0 Å². The van der Waals surface area contributed by atoms with E-state index in [1.807, 2.05) is 0 Å². The molecule has 0 spiro atoms. The number of oxime groups is 2. The molecule has 0 aliphatic heterocycles. The van der Waals surface area contributed by atoms with Gasteiger partial charge in [0.05, 0.1) is 0 Å². The number of nitrogens with zero attached hydrogens (tertiary/aromatic N) is 2. The Morgan fingerprint density at radius 3 is 1.24 bits per heavy atom. The van der Waals surface area contributed by atoms with E-state index in [1.54, 1.807) is 109 Å². The quantitative estimate of drug-likeness (QED) is 0.0405. The normalized spacial score (nSPS) is 11.4. The molecule has 0 bridgehead atoms. The van der Waals surface area contributed by atoms with Crippen molar-refractivity contribution in [2.24, 2.45) is 10.3 Å². The molecule has 0 unspecified atom stereocenters. The molecule has 4 N–H and O–H groups in total. The fourth-order valence-electron chi connectivity index (χ4n) is 4.18. The van der Waals surface area contributed by atoms with Gasteiger partial charge >= 0.3 is 12.2 Å². The Balaban J connectivity index is 1.44. The summed E-state index contributed by atoms with van der Waals surface area (Å²) >= 11 is 1.41. The number of hydrogen-bond donors (Lipinski definition) is 4. The Labute approximate surface area is 286 Å². The number of ketones is 2. The number of Topliss-reactive ketones (excluding diaryl/α,β-unsaturated/α-hetero) is 2. The van der Waals surface area contributed by atoms with Gasteiger partial charge in [-0.3, -0.25) is 19.3 Å². The maximum Gasteiger partial charge on any atom is 0.433 e. The topological polar surface area (TPSA) is 176 Å². The van der Waals surface area contributed by atoms with E-state index in [9.17, 15) is 19.2 Å². The molecule has 0 aliphatic rings. The predicted octanol–water partition coefficient (Wildman–Crippen LogP) is 5.23. The Bertz CT molecular complexity index is 1630. The van der Waals surface area contributed by atoms with Gasteiger partial charge in [0.15, 0.2) is 11.4 Å². The summed E-state index contributed by atoms with van der Waals surface area (Å²) in [7, 11) is 0. The summed E-state index contributed by atoms with van der Waals surface area (Å²) in [5.74, 6) is -0.896. The molecule has 252 valence electrons. The summed E-state index contributed by atoms with van der Waals surface area (Å²) in [5, 5.41) is 30.4. The number of carbonyl (C=O) groups is 4. The second-order valence-corrected chi connectivity index (χ2v) is 11.3. The molecule has 0 aromatic heterocycles. The van der Waals surface area contributed by atoms with Crippen LogP contribution in [0.2, 0.25) is 0 Å². The SMILES string of the molecule is O=C(NCCCO)O/N=C(/C(=O)c1ccc(Sc2ccc(C(=O)/C(=N/OC(=O)NCCCO)c3ccccc3)cc2)cc1)c1ccccc1. The first-order chi connectivity index (χ1) is 23.9. The molecule has 49 heavy (non-hydrogen) atoms. The first kappa shape index (κ1) is 36.2. The zero-order chi connectivity index (χ0) is 34.8. The third-order valence-electron chi connectivity index (χ3n) is 6.64. The number of rotatable bonds is 16. The second kappa shape index (κ2) is 19.3. The van der Waals surface area contributed by atoms with Gasteiger partial charge in [0.1, 0.15) is 0 Å². The number of aliphatic hydroxyl groups excluding tert-OH is 2. The molecule has 0 atom stereocenters. The molecular formula is C36H34N4O8S. The summed E-state index contributed by atoms with van der Waals surface area (Å²) < 4.78 is 0. The molecule has 0 fully saturated rings. The van der Waals surface area contributed by atoms with Gasteiger partial charge in [-0.1, -0.05) is 82.7 Å². The number of amides is 2. The van der Waals surface area contributed by atoms with E-state index in [4.69, 9.17) is 19.9 Å². The Kier molecular flexibility index (Phi) is 14.2. The van der Waals surface area contributed by atoms with Gasteiger partial charge in [-0.2, -0.15) is 0 Å². The molecule has 4 aromatic carbocycles. The van der Waals surface area contributed by atoms with E-state index in [0.29, 0.717) is 35.1 Å². The lowest BCUT2D eigenvalue weighted by molar-refractivity contribution is 0.104. The standard InChI is InChI=1S/C36H34N4O8S/c41-23-7-21-37-35(45)47-39-31(25-9-3-1-4-10-25)33(43)27-13-17-29(18-14-27)49-30-19-15-28(16-20-30)34(44)32(26-11-5-2-6-12-26)40-48-36(46)38-22-8-24-42/h1-6,9-20,41-42H,7-8,21-24H2,(H,37,45)(H,38,46)/b39-31+,40-32+. The maximum atomic E-state index is 13.4. The van der Waals surface area contributed by atoms with Crippen LogP contribution in [-0.4, -0.2) is 71.7 Å². The van der Waals surface area contributed by atoms with Crippen LogP contribution in [0.1, 0.15) is 44.7 Å². The molecule has 13 heteroatoms. The van der Waals surface area contributed by atoms with Gasteiger partial charge in [0.25, 0.3) is 0 Å². The third kappa shape index (κ3) is 11.2. The number of nitrogens with one attached hydrogen (secondary N) is 2. The van der Waals surface area contributed by atoms with E-state index in [-0.39, 0.29) is 37.7 Å². The molecular weight excluding hydrogens is 648 g/mol. The average Bonchev–Trinajstić information content (AvgIpc) is 3.13. The van der Waals surface area contributed by atoms with Crippen molar-refractivity contribution < 1.29 is 39.1 Å². The number of carbonyl (C=O) groups excluding carboxylic acids is 4. The molecule has 0 radical (unpaired) electrons. The number of benzene rings is 4. The fraction of sp³-hybridized carbons (Fsp3) is 0.167. The maximum absolute atomic E-state index is 13.4. The largest absolute Gasteiger partial charge is 0.433 e. The minimum absolute atomic E-state index is 0.0512. The van der Waals surface area contributed by atoms with Crippen molar-refractivity contribution in [1.82, 2.24) is 10.6 Å². The molecule has 4 rings (SSSR count). The average molecular weight is 683 g/mol. The molecule has 0 saturated heterocycles. The lowest BCUT2D eigenvalue weighted by Crippen LogP contribution is -2.25. The van der Waals surface area contributed by atoms with Crippen molar-refractivity contribution in [3.05, 3.63) is 131 Å². The molecule has 0 heterocycles. The van der Waals surface area contributed by atoms with Crippen molar-refractivity contribution in [1.29, 1.82) is 0 Å². The second-order valence-electron chi connectivity index (χ2n) is 10.2. The minimum atomic E-state index is -0.844. The Morgan fingerprint density at radius 1 is 0.531 bits per heavy atom. The van der Waals surface area contributed by atoms with Gasteiger partial charge in [-0.05, 0) is 61.4 Å². The minimum Gasteiger partial charge on any atom is -0.396 e. The van der Waals surface area contributed by atoms with Gasteiger partial charge in [0, 0.05) is 58.3 Å². The van der Waals surface area contributed by atoms with Gasteiger partial charge in [-0.25, -0.2) is 9.59 Å². The molecule has 4 aromatic rings. The van der Waals surface area contributed by atoms with Crippen LogP contribution in [0, 0.1) is 0 Å². The van der Waals surface area contributed by atoms with Crippen molar-refractivity contribution in [2.75, 3.05) is 26.3 Å². The third-order valence-corrected chi connectivity index (χ3v) is 7.66. The Hall–Kier alpha value is -5.63. The van der Waals surface area contributed by atoms with Crippen LogP contribution < -0.4 is 10.6 Å². The summed E-state index contributed by atoms with van der Waals surface area (Å²) in [6, 6.07) is 30.9. The number of hydrogen-bond acceptors (Lipinski definition) is 11. The Morgan fingerprint density at radius 2 is 0.898 bits per heavy atom. The van der Waals surface area contributed by atoms with Crippen LogP contribution in [0.5, 0.6) is 0 Å². The van der Waals surface area contributed by atoms with E-state index in [2.05, 4.69) is 20.9 Å². The zero-order valence-electron chi connectivity index (χ0n) is 26.3. The smallest absolute Gasteiger partial charge is 0.396 e. The molecule has 12 nitrogen and oxygen atoms in total. The van der Waals surface area contributed by atoms with Gasteiger partial charge < -0.3 is 20.8 Å². The predicted molar refractivity (Wildman–Crippen MR) is 184 cm³/mol. The first-order valence-corrected chi connectivity index (χ1v) is 16.1. The van der Waals surface area contributed by atoms with Gasteiger partial charge in [0.2, 0.25) is 11.6 Å². The zero-order valence-corrected chi connectivity index (χ0v) is 27.1. The highest BCUT2D eigenvalue weighted by atomic mass is 32.2. The van der Waals surface area contributed by atoms with Crippen molar-refractivity contribution in [2.45, 2.75) is 22.6 Å². The van der Waals surface area contributed by atoms with Gasteiger partial charge in [-0.15, -0.1) is 0 Å². The van der Waals surface area contributed by atoms with Crippen LogP contribution in [0.25, 0.3) is 0 Å². The van der Waals surface area contributed by atoms with Crippen LogP contribution in [0.4, 0.5) is 9.59 Å². The summed E-state index contributed by atoms with van der Waals surface area (Å²) in [5.41, 5.74) is 1.49. The number of aliphatic hydroxyl groups is 2. The summed E-state index contributed by atoms with van der Waals surface area (Å²) in [4.78, 5) is 62.3. The molecule has 0 saturated carbocycles. The summed E-state index contributed by atoms with van der Waals surface area (Å²) in [6.07, 6.45) is -0.984. The molecule has 0 aliphatic carbocycles. The summed E-state index contributed by atoms with van der Waals surface area (Å²) in [6.45, 7) is 0.216. The van der Waals surface area contributed by atoms with Crippen LogP contribution in [0.3, 0.4) is 0 Å². The van der Waals surface area contributed by atoms with E-state index < -0.39 is 23.8 Å². The van der Waals surface area contributed by atoms with Crippen molar-refractivity contribution in [3.63, 3.8) is 0 Å². The lowest BCUT2D eigenvalue weighted by atomic mass is 10.0. The van der Waals surface area contributed by atoms with Crippen molar-refractivity contribution >= 4 is 46.9 Å². The van der Waals surface area contributed by atoms with Crippen LogP contribution >= 0.6 is 11.8 Å². The van der Waals surface area contributed by atoms with E-state index in [0.717, 1.165) is 9.79 Å². The monoisotopic (exact) mass is 682 g/mol.